The Labute approximate surface area is 151 Å². The Morgan fingerprint density at radius 1 is 0.920 bits per heavy atom. The van der Waals surface area contributed by atoms with Gasteiger partial charge in [-0.05, 0) is 52.3 Å². The van der Waals surface area contributed by atoms with Crippen LogP contribution in [0, 0.1) is 0 Å². The quantitative estimate of drug-likeness (QED) is 0.685. The molecule has 2 aromatic carbocycles. The number of benzene rings is 2. The van der Waals surface area contributed by atoms with Crippen LogP contribution in [0.1, 0.15) is 26.3 Å². The van der Waals surface area contributed by atoms with E-state index in [2.05, 4.69) is 41.0 Å². The number of rotatable bonds is 3. The molecule has 0 aliphatic rings. The van der Waals surface area contributed by atoms with Crippen LogP contribution in [0.15, 0.2) is 54.7 Å². The van der Waals surface area contributed by atoms with Gasteiger partial charge in [-0.2, -0.15) is 0 Å². The predicted octanol–water partition coefficient (Wildman–Crippen LogP) is 5.15. The van der Waals surface area contributed by atoms with Crippen LogP contribution in [0.25, 0.3) is 10.4 Å². The maximum Gasteiger partial charge on any atom is 0.323 e. The van der Waals surface area contributed by atoms with Crippen LogP contribution in [-0.2, 0) is 5.41 Å². The zero-order chi connectivity index (χ0) is 17.9. The highest BCUT2D eigenvalue weighted by atomic mass is 32.1. The van der Waals surface area contributed by atoms with Crippen molar-refractivity contribution < 1.29 is 4.79 Å². The SMILES string of the molecule is CC(C)(C)c1ccc(NC(=O)Nc2ccc(-c3cnns3)cc2)cc1. The lowest BCUT2D eigenvalue weighted by molar-refractivity contribution is 0.262. The first-order valence-corrected chi connectivity index (χ1v) is 8.75. The molecule has 128 valence electrons. The molecule has 1 aromatic heterocycles. The minimum atomic E-state index is -0.268. The standard InChI is InChI=1S/C19H20N4OS/c1-19(2,3)14-6-10-16(11-7-14)22-18(24)21-15-8-4-13(5-9-15)17-12-20-23-25-17/h4-12H,1-3H3,(H2,21,22,24). The van der Waals surface area contributed by atoms with Crippen molar-refractivity contribution in [2.24, 2.45) is 0 Å². The summed E-state index contributed by atoms with van der Waals surface area (Å²) in [5.41, 5.74) is 3.84. The number of hydrogen-bond donors (Lipinski definition) is 2. The first-order chi connectivity index (χ1) is 11.9. The van der Waals surface area contributed by atoms with E-state index in [1.807, 2.05) is 48.5 Å². The minimum absolute atomic E-state index is 0.0934. The largest absolute Gasteiger partial charge is 0.323 e. The topological polar surface area (TPSA) is 66.9 Å². The molecule has 0 unspecified atom stereocenters. The molecule has 2 N–H and O–H groups in total. The minimum Gasteiger partial charge on any atom is -0.308 e. The molecule has 0 saturated heterocycles. The summed E-state index contributed by atoms with van der Waals surface area (Å²) in [6, 6.07) is 15.2. The van der Waals surface area contributed by atoms with Gasteiger partial charge in [-0.25, -0.2) is 4.79 Å². The molecule has 2 amide bonds. The molecule has 0 fully saturated rings. The van der Waals surface area contributed by atoms with Crippen molar-refractivity contribution >= 4 is 28.9 Å². The van der Waals surface area contributed by atoms with Crippen LogP contribution in [-0.4, -0.2) is 15.6 Å². The van der Waals surface area contributed by atoms with Crippen molar-refractivity contribution in [2.75, 3.05) is 10.6 Å². The Balaban J connectivity index is 1.61. The lowest BCUT2D eigenvalue weighted by Crippen LogP contribution is -2.19. The number of amides is 2. The molecule has 0 saturated carbocycles. The molecular weight excluding hydrogens is 332 g/mol. The monoisotopic (exact) mass is 352 g/mol. The Morgan fingerprint density at radius 2 is 1.48 bits per heavy atom. The van der Waals surface area contributed by atoms with Gasteiger partial charge in [-0.1, -0.05) is 49.5 Å². The number of anilines is 2. The van der Waals surface area contributed by atoms with E-state index in [9.17, 15) is 4.79 Å². The van der Waals surface area contributed by atoms with Gasteiger partial charge in [0.2, 0.25) is 0 Å². The summed E-state index contributed by atoms with van der Waals surface area (Å²) in [5.74, 6) is 0. The highest BCUT2D eigenvalue weighted by molar-refractivity contribution is 7.09. The van der Waals surface area contributed by atoms with E-state index in [4.69, 9.17) is 0 Å². The second-order valence-electron chi connectivity index (χ2n) is 6.77. The molecule has 6 heteroatoms. The summed E-state index contributed by atoms with van der Waals surface area (Å²) in [6.45, 7) is 6.48. The first-order valence-electron chi connectivity index (χ1n) is 7.98. The lowest BCUT2D eigenvalue weighted by Gasteiger charge is -2.19. The third kappa shape index (κ3) is 4.42. The van der Waals surface area contributed by atoms with Crippen molar-refractivity contribution in [1.29, 1.82) is 0 Å². The number of nitrogens with one attached hydrogen (secondary N) is 2. The van der Waals surface area contributed by atoms with E-state index in [0.717, 1.165) is 21.8 Å². The molecule has 0 spiro atoms. The summed E-state index contributed by atoms with van der Waals surface area (Å²) in [7, 11) is 0. The molecular formula is C19H20N4OS. The van der Waals surface area contributed by atoms with Crippen LogP contribution in [0.3, 0.4) is 0 Å². The van der Waals surface area contributed by atoms with Crippen LogP contribution in [0.5, 0.6) is 0 Å². The Morgan fingerprint density at radius 3 is 1.96 bits per heavy atom. The van der Waals surface area contributed by atoms with Gasteiger partial charge < -0.3 is 10.6 Å². The normalized spacial score (nSPS) is 11.2. The van der Waals surface area contributed by atoms with E-state index >= 15 is 0 Å². The van der Waals surface area contributed by atoms with E-state index in [0.29, 0.717) is 0 Å². The highest BCUT2D eigenvalue weighted by Gasteiger charge is 2.13. The average molecular weight is 352 g/mol. The average Bonchev–Trinajstić information content (AvgIpc) is 3.09. The fourth-order valence-corrected chi connectivity index (χ4v) is 2.88. The van der Waals surface area contributed by atoms with Gasteiger partial charge in [0, 0.05) is 11.4 Å². The van der Waals surface area contributed by atoms with Gasteiger partial charge in [-0.15, -0.1) is 5.10 Å². The zero-order valence-corrected chi connectivity index (χ0v) is 15.2. The van der Waals surface area contributed by atoms with Crippen LogP contribution < -0.4 is 10.6 Å². The summed E-state index contributed by atoms with van der Waals surface area (Å²) in [5, 5.41) is 9.50. The molecule has 0 aliphatic heterocycles. The fraction of sp³-hybridized carbons (Fsp3) is 0.211. The predicted molar refractivity (Wildman–Crippen MR) is 103 cm³/mol. The molecule has 1 heterocycles. The van der Waals surface area contributed by atoms with Gasteiger partial charge in [0.05, 0.1) is 11.1 Å². The van der Waals surface area contributed by atoms with Crippen molar-refractivity contribution in [2.45, 2.75) is 26.2 Å². The Bertz CT molecular complexity index is 835. The van der Waals surface area contributed by atoms with Crippen LogP contribution >= 0.6 is 11.5 Å². The number of urea groups is 1. The molecule has 3 rings (SSSR count). The summed E-state index contributed by atoms with van der Waals surface area (Å²) < 4.78 is 3.85. The van der Waals surface area contributed by atoms with Crippen molar-refractivity contribution in [3.63, 3.8) is 0 Å². The summed E-state index contributed by atoms with van der Waals surface area (Å²) in [4.78, 5) is 13.1. The molecule has 3 aromatic rings. The van der Waals surface area contributed by atoms with E-state index in [1.165, 1.54) is 17.1 Å². The number of carbonyl (C=O) groups excluding carboxylic acids is 1. The Kier molecular flexibility index (Phi) is 4.81. The van der Waals surface area contributed by atoms with E-state index < -0.39 is 0 Å². The second kappa shape index (κ2) is 7.03. The summed E-state index contributed by atoms with van der Waals surface area (Å²) >= 11 is 1.34. The van der Waals surface area contributed by atoms with Gasteiger partial charge in [0.1, 0.15) is 0 Å². The summed E-state index contributed by atoms with van der Waals surface area (Å²) in [6.07, 6.45) is 1.72. The van der Waals surface area contributed by atoms with Gasteiger partial charge in [0.15, 0.2) is 0 Å². The fourth-order valence-electron chi connectivity index (χ4n) is 2.36. The maximum absolute atomic E-state index is 12.1. The first kappa shape index (κ1) is 17.1. The number of nitrogens with zero attached hydrogens (tertiary/aromatic N) is 2. The molecule has 0 atom stereocenters. The molecule has 0 radical (unpaired) electrons. The lowest BCUT2D eigenvalue weighted by atomic mass is 9.87. The van der Waals surface area contributed by atoms with Crippen molar-refractivity contribution in [3.8, 4) is 10.4 Å². The van der Waals surface area contributed by atoms with Gasteiger partial charge in [-0.3, -0.25) is 0 Å². The molecule has 0 bridgehead atoms. The molecule has 25 heavy (non-hydrogen) atoms. The smallest absolute Gasteiger partial charge is 0.308 e. The van der Waals surface area contributed by atoms with Gasteiger partial charge >= 0.3 is 6.03 Å². The third-order valence-electron chi connectivity index (χ3n) is 3.80. The Hall–Kier alpha value is -2.73. The van der Waals surface area contributed by atoms with Crippen LogP contribution in [0.2, 0.25) is 0 Å². The second-order valence-corrected chi connectivity index (χ2v) is 7.55. The van der Waals surface area contributed by atoms with Crippen molar-refractivity contribution in [3.05, 3.63) is 60.3 Å². The van der Waals surface area contributed by atoms with Crippen LogP contribution in [0.4, 0.5) is 16.2 Å². The molecule has 5 nitrogen and oxygen atoms in total. The highest BCUT2D eigenvalue weighted by Crippen LogP contribution is 2.24. The number of aromatic nitrogens is 2. The van der Waals surface area contributed by atoms with E-state index in [1.54, 1.807) is 6.20 Å². The van der Waals surface area contributed by atoms with Crippen molar-refractivity contribution in [1.82, 2.24) is 9.59 Å². The maximum atomic E-state index is 12.1. The van der Waals surface area contributed by atoms with Gasteiger partial charge in [0.25, 0.3) is 0 Å². The molecule has 0 aliphatic carbocycles. The number of carbonyl (C=O) groups is 1. The zero-order valence-electron chi connectivity index (χ0n) is 14.4. The third-order valence-corrected chi connectivity index (χ3v) is 4.51. The van der Waals surface area contributed by atoms with E-state index in [-0.39, 0.29) is 11.4 Å². The number of hydrogen-bond acceptors (Lipinski definition) is 4.